The monoisotopic (exact) mass is 142 g/mol. The first-order valence-electron chi connectivity index (χ1n) is 2.66. The Morgan fingerprint density at radius 2 is 2.00 bits per heavy atom. The maximum atomic E-state index is 11.9. The molecule has 0 aromatic heterocycles. The molecule has 9 heavy (non-hydrogen) atoms. The van der Waals surface area contributed by atoms with E-state index in [1.54, 1.807) is 0 Å². The summed E-state index contributed by atoms with van der Waals surface area (Å²) < 4.78 is 39.5. The standard InChI is InChI=1S/C5H9F3O/c1-3-9-5(7,8)4(2)6/h4H,3H2,1-2H3. The lowest BCUT2D eigenvalue weighted by molar-refractivity contribution is -0.267. The van der Waals surface area contributed by atoms with Gasteiger partial charge in [0, 0.05) is 0 Å². The zero-order chi connectivity index (χ0) is 7.49. The van der Waals surface area contributed by atoms with Gasteiger partial charge in [-0.15, -0.1) is 0 Å². The van der Waals surface area contributed by atoms with E-state index in [9.17, 15) is 13.2 Å². The number of halogens is 3. The maximum Gasteiger partial charge on any atom is 0.386 e. The molecular weight excluding hydrogens is 133 g/mol. The van der Waals surface area contributed by atoms with Crippen LogP contribution in [-0.2, 0) is 4.74 Å². The van der Waals surface area contributed by atoms with Crippen LogP contribution in [0.1, 0.15) is 13.8 Å². The van der Waals surface area contributed by atoms with E-state index in [1.807, 2.05) is 0 Å². The lowest BCUT2D eigenvalue weighted by atomic mass is 10.4. The van der Waals surface area contributed by atoms with E-state index in [-0.39, 0.29) is 6.61 Å². The Morgan fingerprint density at radius 1 is 1.56 bits per heavy atom. The first-order valence-corrected chi connectivity index (χ1v) is 2.66. The van der Waals surface area contributed by atoms with Gasteiger partial charge < -0.3 is 4.74 Å². The summed E-state index contributed by atoms with van der Waals surface area (Å²) in [6.07, 6.45) is -5.85. The number of alkyl halides is 3. The van der Waals surface area contributed by atoms with Gasteiger partial charge in [-0.1, -0.05) is 0 Å². The smallest absolute Gasteiger partial charge is 0.318 e. The Labute approximate surface area is 51.8 Å². The van der Waals surface area contributed by atoms with Crippen LogP contribution in [0.5, 0.6) is 0 Å². The molecule has 4 heteroatoms. The van der Waals surface area contributed by atoms with Gasteiger partial charge in [0.15, 0.2) is 6.17 Å². The van der Waals surface area contributed by atoms with Crippen LogP contribution >= 0.6 is 0 Å². The zero-order valence-corrected chi connectivity index (χ0v) is 5.33. The zero-order valence-electron chi connectivity index (χ0n) is 5.33. The molecule has 0 radical (unpaired) electrons. The third-order valence-corrected chi connectivity index (χ3v) is 0.800. The van der Waals surface area contributed by atoms with Gasteiger partial charge in [0.1, 0.15) is 0 Å². The van der Waals surface area contributed by atoms with Crippen molar-refractivity contribution >= 4 is 0 Å². The SMILES string of the molecule is CCOC(F)(F)C(C)F. The molecule has 0 aliphatic heterocycles. The van der Waals surface area contributed by atoms with Crippen LogP contribution in [0.4, 0.5) is 13.2 Å². The van der Waals surface area contributed by atoms with Gasteiger partial charge >= 0.3 is 6.11 Å². The van der Waals surface area contributed by atoms with Crippen molar-refractivity contribution in [1.29, 1.82) is 0 Å². The topological polar surface area (TPSA) is 9.23 Å². The molecule has 0 amide bonds. The molecule has 1 atom stereocenters. The molecule has 0 saturated carbocycles. The van der Waals surface area contributed by atoms with E-state index in [1.165, 1.54) is 6.92 Å². The largest absolute Gasteiger partial charge is 0.386 e. The molecule has 0 rings (SSSR count). The molecule has 0 saturated heterocycles. The van der Waals surface area contributed by atoms with Gasteiger partial charge in [0.2, 0.25) is 0 Å². The van der Waals surface area contributed by atoms with Crippen LogP contribution in [-0.4, -0.2) is 18.9 Å². The third-order valence-electron chi connectivity index (χ3n) is 0.800. The predicted octanol–water partition coefficient (Wildman–Crippen LogP) is 1.97. The summed E-state index contributed by atoms with van der Waals surface area (Å²) in [6.45, 7) is 1.97. The summed E-state index contributed by atoms with van der Waals surface area (Å²) >= 11 is 0. The number of rotatable bonds is 3. The highest BCUT2D eigenvalue weighted by Gasteiger charge is 2.37. The molecule has 0 aliphatic carbocycles. The van der Waals surface area contributed by atoms with Gasteiger partial charge in [0.05, 0.1) is 6.61 Å². The summed E-state index contributed by atoms with van der Waals surface area (Å²) in [6, 6.07) is 0. The van der Waals surface area contributed by atoms with Crippen LogP contribution in [0.25, 0.3) is 0 Å². The molecule has 1 nitrogen and oxygen atoms in total. The van der Waals surface area contributed by atoms with Crippen molar-refractivity contribution in [2.75, 3.05) is 6.61 Å². The van der Waals surface area contributed by atoms with Gasteiger partial charge in [0.25, 0.3) is 0 Å². The fraction of sp³-hybridized carbons (Fsp3) is 1.00. The van der Waals surface area contributed by atoms with Crippen molar-refractivity contribution < 1.29 is 17.9 Å². The van der Waals surface area contributed by atoms with Crippen LogP contribution < -0.4 is 0 Å². The summed E-state index contributed by atoms with van der Waals surface area (Å²) in [5.41, 5.74) is 0. The first-order chi connectivity index (χ1) is 4.00. The average Bonchev–Trinajstić information content (AvgIpc) is 1.65. The molecule has 0 fully saturated rings. The summed E-state index contributed by atoms with van der Waals surface area (Å²) in [5, 5.41) is 0. The van der Waals surface area contributed by atoms with E-state index in [2.05, 4.69) is 4.74 Å². The van der Waals surface area contributed by atoms with Crippen molar-refractivity contribution in [1.82, 2.24) is 0 Å². The highest BCUT2D eigenvalue weighted by atomic mass is 19.3. The quantitative estimate of drug-likeness (QED) is 0.585. The number of hydrogen-bond donors (Lipinski definition) is 0. The lowest BCUT2D eigenvalue weighted by Crippen LogP contribution is -2.30. The minimum Gasteiger partial charge on any atom is -0.318 e. The fourth-order valence-electron chi connectivity index (χ4n) is 0.307. The third kappa shape index (κ3) is 2.70. The van der Waals surface area contributed by atoms with E-state index in [0.717, 1.165) is 6.92 Å². The first kappa shape index (κ1) is 8.75. The Balaban J connectivity index is 3.70. The van der Waals surface area contributed by atoms with Gasteiger partial charge in [-0.3, -0.25) is 0 Å². The lowest BCUT2D eigenvalue weighted by Gasteiger charge is -2.15. The van der Waals surface area contributed by atoms with Crippen LogP contribution in [0, 0.1) is 0 Å². The second kappa shape index (κ2) is 3.06. The minimum atomic E-state index is -3.62. The Morgan fingerprint density at radius 3 is 2.11 bits per heavy atom. The van der Waals surface area contributed by atoms with Gasteiger partial charge in [-0.2, -0.15) is 8.78 Å². The van der Waals surface area contributed by atoms with Crippen molar-refractivity contribution in [2.24, 2.45) is 0 Å². The van der Waals surface area contributed by atoms with E-state index >= 15 is 0 Å². The Kier molecular flexibility index (Phi) is 2.97. The molecular formula is C5H9F3O. The van der Waals surface area contributed by atoms with Crippen LogP contribution in [0.2, 0.25) is 0 Å². The molecule has 56 valence electrons. The highest BCUT2D eigenvalue weighted by Crippen LogP contribution is 2.21. The van der Waals surface area contributed by atoms with Gasteiger partial charge in [-0.05, 0) is 13.8 Å². The van der Waals surface area contributed by atoms with E-state index in [4.69, 9.17) is 0 Å². The van der Waals surface area contributed by atoms with Crippen LogP contribution in [0.15, 0.2) is 0 Å². The molecule has 0 aliphatic rings. The molecule has 0 spiro atoms. The maximum absolute atomic E-state index is 11.9. The van der Waals surface area contributed by atoms with E-state index < -0.39 is 12.3 Å². The number of hydrogen-bond acceptors (Lipinski definition) is 1. The fourth-order valence-corrected chi connectivity index (χ4v) is 0.307. The Bertz CT molecular complexity index is 82.3. The second-order valence-corrected chi connectivity index (χ2v) is 1.61. The molecule has 0 bridgehead atoms. The predicted molar refractivity (Wildman–Crippen MR) is 27.1 cm³/mol. The van der Waals surface area contributed by atoms with E-state index in [0.29, 0.717) is 0 Å². The second-order valence-electron chi connectivity index (χ2n) is 1.61. The molecule has 0 heterocycles. The van der Waals surface area contributed by atoms with Crippen molar-refractivity contribution in [3.8, 4) is 0 Å². The van der Waals surface area contributed by atoms with Crippen LogP contribution in [0.3, 0.4) is 0 Å². The molecule has 0 N–H and O–H groups in total. The molecule has 1 unspecified atom stereocenters. The Hall–Kier alpha value is -0.250. The number of ether oxygens (including phenoxy) is 1. The van der Waals surface area contributed by atoms with Crippen molar-refractivity contribution in [2.45, 2.75) is 26.1 Å². The highest BCUT2D eigenvalue weighted by molar-refractivity contribution is 4.59. The summed E-state index contributed by atoms with van der Waals surface area (Å²) in [7, 11) is 0. The molecule has 0 aromatic rings. The average molecular weight is 142 g/mol. The molecule has 0 aromatic carbocycles. The minimum absolute atomic E-state index is 0.179. The van der Waals surface area contributed by atoms with Crippen molar-refractivity contribution in [3.05, 3.63) is 0 Å². The van der Waals surface area contributed by atoms with Crippen molar-refractivity contribution in [3.63, 3.8) is 0 Å². The van der Waals surface area contributed by atoms with Gasteiger partial charge in [-0.25, -0.2) is 4.39 Å². The summed E-state index contributed by atoms with van der Waals surface area (Å²) in [4.78, 5) is 0. The summed E-state index contributed by atoms with van der Waals surface area (Å²) in [5.74, 6) is 0. The normalized spacial score (nSPS) is 15.7.